The normalized spacial score (nSPS) is 14.6. The van der Waals surface area contributed by atoms with E-state index in [2.05, 4.69) is 26.6 Å². The zero-order chi connectivity index (χ0) is 43.2. The maximum absolute atomic E-state index is 13.9. The highest BCUT2D eigenvalue weighted by Gasteiger charge is 2.38. The first-order valence-electron chi connectivity index (χ1n) is 18.6. The molecule has 1 aliphatic carbocycles. The molecular formula is C40H51F3N6O8S. The first-order chi connectivity index (χ1) is 27.2. The number of sulfonamides is 1. The van der Waals surface area contributed by atoms with Gasteiger partial charge in [-0.3, -0.25) is 23.5 Å². The SMILES string of the molecule is CC[C@H](NC(=O)[C@H](C)NC[C@H](Cc1ccccc1)NC(=O)c1cc(C(=O)N[C@H](C)c2ccccc2)cc(N(C)S(C)(=O)=O)c1)C(=O)NCC1CC1.O=C(O)C(F)(F)F. The van der Waals surface area contributed by atoms with E-state index >= 15 is 0 Å². The highest BCUT2D eigenvalue weighted by Crippen LogP contribution is 2.27. The van der Waals surface area contributed by atoms with Crippen LogP contribution in [0.5, 0.6) is 0 Å². The zero-order valence-electron chi connectivity index (χ0n) is 32.9. The van der Waals surface area contributed by atoms with Crippen molar-refractivity contribution in [1.29, 1.82) is 0 Å². The molecular weight excluding hydrogens is 782 g/mol. The third-order valence-electron chi connectivity index (χ3n) is 9.22. The molecule has 0 radical (unpaired) electrons. The minimum absolute atomic E-state index is 0.0902. The van der Waals surface area contributed by atoms with E-state index in [1.165, 1.54) is 25.2 Å². The van der Waals surface area contributed by atoms with Crippen LogP contribution in [0.3, 0.4) is 0 Å². The summed E-state index contributed by atoms with van der Waals surface area (Å²) in [6, 6.07) is 21.0. The highest BCUT2D eigenvalue weighted by molar-refractivity contribution is 7.92. The van der Waals surface area contributed by atoms with Crippen LogP contribution in [0.25, 0.3) is 0 Å². The maximum Gasteiger partial charge on any atom is 0.490 e. The fourth-order valence-corrected chi connectivity index (χ4v) is 5.93. The Morgan fingerprint density at radius 1 is 0.845 bits per heavy atom. The van der Waals surface area contributed by atoms with E-state index in [0.717, 1.165) is 34.5 Å². The van der Waals surface area contributed by atoms with Gasteiger partial charge < -0.3 is 31.7 Å². The van der Waals surface area contributed by atoms with Crippen molar-refractivity contribution < 1.29 is 50.7 Å². The van der Waals surface area contributed by atoms with Crippen LogP contribution in [0, 0.1) is 5.92 Å². The van der Waals surface area contributed by atoms with E-state index in [4.69, 9.17) is 9.90 Å². The van der Waals surface area contributed by atoms with Crippen LogP contribution in [0.4, 0.5) is 18.9 Å². The fourth-order valence-electron chi connectivity index (χ4n) is 5.44. The number of aliphatic carboxylic acids is 1. The van der Waals surface area contributed by atoms with Gasteiger partial charge in [-0.15, -0.1) is 0 Å². The molecule has 3 aromatic carbocycles. The largest absolute Gasteiger partial charge is 0.490 e. The number of halogens is 3. The highest BCUT2D eigenvalue weighted by atomic mass is 32.2. The second kappa shape index (κ2) is 21.3. The lowest BCUT2D eigenvalue weighted by Crippen LogP contribution is -2.54. The third-order valence-corrected chi connectivity index (χ3v) is 10.4. The molecule has 4 rings (SSSR count). The van der Waals surface area contributed by atoms with Crippen molar-refractivity contribution >= 4 is 45.3 Å². The monoisotopic (exact) mass is 832 g/mol. The van der Waals surface area contributed by atoms with Crippen molar-refractivity contribution in [2.45, 2.75) is 76.8 Å². The summed E-state index contributed by atoms with van der Waals surface area (Å²) < 4.78 is 57.7. The number of carboxylic acids is 1. The summed E-state index contributed by atoms with van der Waals surface area (Å²) in [5, 5.41) is 22.0. The van der Waals surface area contributed by atoms with Crippen molar-refractivity contribution in [2.75, 3.05) is 30.7 Å². The van der Waals surface area contributed by atoms with E-state index in [9.17, 15) is 40.8 Å². The van der Waals surface area contributed by atoms with Crippen LogP contribution in [-0.4, -0.2) is 93.8 Å². The summed E-state index contributed by atoms with van der Waals surface area (Å²) in [4.78, 5) is 62.0. The third kappa shape index (κ3) is 15.5. The summed E-state index contributed by atoms with van der Waals surface area (Å²) in [6.45, 7) is 6.18. The van der Waals surface area contributed by atoms with Gasteiger partial charge in [0.25, 0.3) is 11.8 Å². The Labute approximate surface area is 336 Å². The minimum Gasteiger partial charge on any atom is -0.475 e. The predicted molar refractivity (Wildman–Crippen MR) is 213 cm³/mol. The Kier molecular flexibility index (Phi) is 17.2. The molecule has 1 saturated carbocycles. The van der Waals surface area contributed by atoms with E-state index in [-0.39, 0.29) is 41.2 Å². The molecule has 1 fully saturated rings. The van der Waals surface area contributed by atoms with Crippen LogP contribution in [-0.2, 0) is 30.8 Å². The summed E-state index contributed by atoms with van der Waals surface area (Å²) in [7, 11) is -2.36. The molecule has 0 spiro atoms. The Morgan fingerprint density at radius 3 is 1.88 bits per heavy atom. The van der Waals surface area contributed by atoms with Gasteiger partial charge in [0.1, 0.15) is 6.04 Å². The number of nitrogens with zero attached hydrogens (tertiary/aromatic N) is 1. The maximum atomic E-state index is 13.9. The number of anilines is 1. The van der Waals surface area contributed by atoms with Crippen molar-refractivity contribution in [1.82, 2.24) is 26.6 Å². The van der Waals surface area contributed by atoms with Crippen LogP contribution < -0.4 is 30.9 Å². The molecule has 0 aromatic heterocycles. The number of amides is 4. The summed E-state index contributed by atoms with van der Waals surface area (Å²) in [5.41, 5.74) is 2.19. The number of carbonyl (C=O) groups excluding carboxylic acids is 4. The fraction of sp³-hybridized carbons (Fsp3) is 0.425. The number of hydrogen-bond donors (Lipinski definition) is 6. The van der Waals surface area contributed by atoms with Crippen molar-refractivity contribution in [3.63, 3.8) is 0 Å². The lowest BCUT2D eigenvalue weighted by Gasteiger charge is -2.24. The topological polar surface area (TPSA) is 203 Å². The molecule has 1 aliphatic rings. The van der Waals surface area contributed by atoms with Gasteiger partial charge in [-0.25, -0.2) is 13.2 Å². The molecule has 0 bridgehead atoms. The summed E-state index contributed by atoms with van der Waals surface area (Å²) >= 11 is 0. The van der Waals surface area contributed by atoms with Gasteiger partial charge in [-0.2, -0.15) is 13.2 Å². The Bertz CT molecular complexity index is 1980. The van der Waals surface area contributed by atoms with E-state index in [0.29, 0.717) is 25.3 Å². The molecule has 0 aliphatic heterocycles. The van der Waals surface area contributed by atoms with Crippen molar-refractivity contribution in [3.8, 4) is 0 Å². The Morgan fingerprint density at radius 2 is 1.38 bits per heavy atom. The van der Waals surface area contributed by atoms with Gasteiger partial charge in [0.2, 0.25) is 21.8 Å². The number of benzene rings is 3. The van der Waals surface area contributed by atoms with Gasteiger partial charge >= 0.3 is 12.1 Å². The van der Waals surface area contributed by atoms with Gasteiger partial charge in [0.05, 0.1) is 24.0 Å². The van der Waals surface area contributed by atoms with E-state index in [1.54, 1.807) is 6.92 Å². The van der Waals surface area contributed by atoms with Gasteiger partial charge in [-0.05, 0) is 74.8 Å². The molecule has 4 amide bonds. The first kappa shape index (κ1) is 46.9. The minimum atomic E-state index is -5.08. The lowest BCUT2D eigenvalue weighted by atomic mass is 10.0. The zero-order valence-corrected chi connectivity index (χ0v) is 33.7. The van der Waals surface area contributed by atoms with Crippen molar-refractivity contribution in [3.05, 3.63) is 101 Å². The quantitative estimate of drug-likeness (QED) is 0.110. The average molecular weight is 833 g/mol. The van der Waals surface area contributed by atoms with Crippen molar-refractivity contribution in [2.24, 2.45) is 5.92 Å². The molecule has 4 atom stereocenters. The van der Waals surface area contributed by atoms with Crippen LogP contribution in [0.15, 0.2) is 78.9 Å². The second-order valence-corrected chi connectivity index (χ2v) is 16.1. The molecule has 0 saturated heterocycles. The number of hydrogen-bond acceptors (Lipinski definition) is 8. The van der Waals surface area contributed by atoms with Crippen LogP contribution in [0.2, 0.25) is 0 Å². The van der Waals surface area contributed by atoms with Crippen LogP contribution >= 0.6 is 0 Å². The lowest BCUT2D eigenvalue weighted by molar-refractivity contribution is -0.192. The smallest absolute Gasteiger partial charge is 0.475 e. The molecule has 58 heavy (non-hydrogen) atoms. The van der Waals surface area contributed by atoms with Gasteiger partial charge in [-0.1, -0.05) is 67.6 Å². The number of carbonyl (C=O) groups is 5. The van der Waals surface area contributed by atoms with Gasteiger partial charge in [0, 0.05) is 37.3 Å². The Hall–Kier alpha value is -5.49. The second-order valence-electron chi connectivity index (χ2n) is 14.1. The number of nitrogens with one attached hydrogen (secondary N) is 5. The van der Waals surface area contributed by atoms with Crippen LogP contribution in [0.1, 0.15) is 77.9 Å². The molecule has 18 heteroatoms. The molecule has 6 N–H and O–H groups in total. The number of rotatable bonds is 18. The summed E-state index contributed by atoms with van der Waals surface area (Å²) in [5.74, 6) is -3.78. The first-order valence-corrected chi connectivity index (χ1v) is 20.5. The molecule has 14 nitrogen and oxygen atoms in total. The molecule has 0 heterocycles. The molecule has 3 aromatic rings. The molecule has 0 unspecified atom stereocenters. The van der Waals surface area contributed by atoms with E-state index < -0.39 is 52.1 Å². The number of carboxylic acid groups (broad SMARTS) is 1. The predicted octanol–water partition coefficient (Wildman–Crippen LogP) is 3.95. The molecule has 316 valence electrons. The number of alkyl halides is 3. The van der Waals surface area contributed by atoms with E-state index in [1.807, 2.05) is 74.5 Å². The summed E-state index contributed by atoms with van der Waals surface area (Å²) in [6.07, 6.45) is -0.961. The van der Waals surface area contributed by atoms with Gasteiger partial charge in [0.15, 0.2) is 0 Å². The standard InChI is InChI=1S/C38H50N6O6S.C2HF3O2/c1-6-34(38(48)40-23-28-17-18-28)43-35(45)26(3)39-24-32(19-27-13-9-7-10-14-27)42-37(47)31-20-30(21-33(22-31)44(4)51(5,49)50)36(46)41-25(2)29-15-11-8-12-16-29;3-2(4,5)1(6)7/h7-16,20-22,25-26,28,32,34,39H,6,17-19,23-24H2,1-5H3,(H,40,48)(H,41,46)(H,42,47)(H,43,45);(H,6,7)/t25-,26+,32+,34+;/m1./s1. The Balaban J connectivity index is 0.00000117. The average Bonchev–Trinajstić information content (AvgIpc) is 4.02.